The van der Waals surface area contributed by atoms with Crippen molar-refractivity contribution < 1.29 is 9.59 Å². The van der Waals surface area contributed by atoms with Crippen LogP contribution >= 0.6 is 22.0 Å². The van der Waals surface area contributed by atoms with E-state index in [9.17, 15) is 9.59 Å². The fourth-order valence-corrected chi connectivity index (χ4v) is 1.11. The summed E-state index contributed by atoms with van der Waals surface area (Å²) in [7, 11) is 1.74. The summed E-state index contributed by atoms with van der Waals surface area (Å²) in [5.74, 6) is 0. The number of rotatable bonds is 3. The third kappa shape index (κ3) is 12.6. The fraction of sp³-hybridized carbons (Fsp3) is 0. The second kappa shape index (κ2) is 7.56. The van der Waals surface area contributed by atoms with Gasteiger partial charge in [0.15, 0.2) is 0 Å². The molecule has 6 N–H and O–H groups in total. The quantitative estimate of drug-likeness (QED) is 0.190. The molecule has 11 heavy (non-hydrogen) atoms. The zero-order chi connectivity index (χ0) is 7.98. The fourth-order valence-electron chi connectivity index (χ4n) is 0.124. The lowest BCUT2D eigenvalue weighted by Crippen LogP contribution is -2.25. The number of hydrogen-bond donors (Lipinski definition) is 4. The van der Waals surface area contributed by atoms with E-state index in [1.807, 2.05) is 0 Å². The Morgan fingerprint density at radius 2 is 1.27 bits per heavy atom. The van der Waals surface area contributed by atoms with Gasteiger partial charge in [-0.1, -0.05) is 0 Å². The van der Waals surface area contributed by atoms with E-state index < -0.39 is 12.1 Å². The molecule has 0 fully saturated rings. The van der Waals surface area contributed by atoms with Gasteiger partial charge in [0, 0.05) is 22.0 Å². The van der Waals surface area contributed by atoms with Crippen molar-refractivity contribution in [2.75, 3.05) is 0 Å². The van der Waals surface area contributed by atoms with Gasteiger partial charge < -0.3 is 11.5 Å². The van der Waals surface area contributed by atoms with Gasteiger partial charge in [0.05, 0.1) is 0 Å². The Labute approximate surface area is 75.9 Å². The molecule has 0 spiro atoms. The summed E-state index contributed by atoms with van der Waals surface area (Å²) in [5, 5.41) is 0. The van der Waals surface area contributed by atoms with Crippen molar-refractivity contribution >= 4 is 45.0 Å². The van der Waals surface area contributed by atoms with Gasteiger partial charge in [0.2, 0.25) is 0 Å². The molecule has 6 nitrogen and oxygen atoms in total. The standard InChI is InChI=1S/C2H6N4O2S2.H4Si/c3-1(7)5-9-10-6-2(4)8;/h(H3,3,5,7)(H3,4,6,8);1H4. The molecule has 0 atom stereocenters. The minimum atomic E-state index is -0.677. The zero-order valence-electron chi connectivity index (χ0n) is 4.79. The van der Waals surface area contributed by atoms with Crippen LogP contribution in [0.1, 0.15) is 0 Å². The molecule has 0 bridgehead atoms. The maximum atomic E-state index is 9.98. The van der Waals surface area contributed by atoms with E-state index in [-0.39, 0.29) is 11.0 Å². The average Bonchev–Trinajstić information content (AvgIpc) is 1.79. The number of amides is 4. The molecule has 66 valence electrons. The summed E-state index contributed by atoms with van der Waals surface area (Å²) in [6, 6.07) is -1.35. The first-order chi connectivity index (χ1) is 4.63. The minimum Gasteiger partial charge on any atom is -0.351 e. The number of nitrogens with one attached hydrogen (secondary N) is 2. The molecular formula is C2H10N4O2S2Si. The summed E-state index contributed by atoms with van der Waals surface area (Å²) < 4.78 is 4.30. The highest BCUT2D eigenvalue weighted by molar-refractivity contribution is 8.75. The van der Waals surface area contributed by atoms with E-state index in [0.717, 1.165) is 22.0 Å². The largest absolute Gasteiger partial charge is 0.351 e. The molecule has 0 aliphatic carbocycles. The second-order valence-electron chi connectivity index (χ2n) is 1.10. The lowest BCUT2D eigenvalue weighted by atomic mass is 11.2. The number of nitrogens with two attached hydrogens (primary N) is 2. The molecule has 0 saturated heterocycles. The van der Waals surface area contributed by atoms with E-state index in [0.29, 0.717) is 0 Å². The van der Waals surface area contributed by atoms with Crippen LogP contribution in [-0.4, -0.2) is 23.0 Å². The van der Waals surface area contributed by atoms with Gasteiger partial charge in [0.1, 0.15) is 0 Å². The number of carbonyl (C=O) groups is 2. The number of urea groups is 2. The molecule has 0 aromatic heterocycles. The summed E-state index contributed by atoms with van der Waals surface area (Å²) >= 11 is 0. The van der Waals surface area contributed by atoms with Gasteiger partial charge >= 0.3 is 12.1 Å². The van der Waals surface area contributed by atoms with Crippen LogP contribution in [0, 0.1) is 0 Å². The normalized spacial score (nSPS) is 7.64. The molecule has 0 radical (unpaired) electrons. The molecule has 0 rings (SSSR count). The Morgan fingerprint density at radius 1 is 1.00 bits per heavy atom. The monoisotopic (exact) mass is 214 g/mol. The summed E-state index contributed by atoms with van der Waals surface area (Å²) in [6.45, 7) is 0. The van der Waals surface area contributed by atoms with Gasteiger partial charge in [-0.2, -0.15) is 0 Å². The van der Waals surface area contributed by atoms with Gasteiger partial charge in [-0.3, -0.25) is 9.44 Å². The van der Waals surface area contributed by atoms with Gasteiger partial charge in [0.25, 0.3) is 0 Å². The number of primary amides is 2. The molecule has 0 saturated carbocycles. The van der Waals surface area contributed by atoms with Crippen molar-refractivity contribution in [2.24, 2.45) is 11.5 Å². The van der Waals surface area contributed by atoms with Crippen LogP contribution in [0.25, 0.3) is 0 Å². The van der Waals surface area contributed by atoms with Crippen molar-refractivity contribution in [3.05, 3.63) is 0 Å². The maximum Gasteiger partial charge on any atom is 0.322 e. The highest BCUT2D eigenvalue weighted by Gasteiger charge is 1.93. The Balaban J connectivity index is 0. The van der Waals surface area contributed by atoms with E-state index in [1.54, 1.807) is 0 Å². The Bertz CT molecular complexity index is 128. The molecule has 4 amide bonds. The first-order valence-electron chi connectivity index (χ1n) is 2.06. The van der Waals surface area contributed by atoms with Crippen molar-refractivity contribution in [3.8, 4) is 0 Å². The number of carbonyl (C=O) groups excluding carboxylic acids is 2. The Kier molecular flexibility index (Phi) is 8.99. The van der Waals surface area contributed by atoms with E-state index in [1.165, 1.54) is 0 Å². The lowest BCUT2D eigenvalue weighted by Gasteiger charge is -1.97. The van der Waals surface area contributed by atoms with Crippen molar-refractivity contribution in [1.29, 1.82) is 0 Å². The van der Waals surface area contributed by atoms with Gasteiger partial charge in [-0.25, -0.2) is 9.59 Å². The van der Waals surface area contributed by atoms with Crippen LogP contribution in [0.3, 0.4) is 0 Å². The van der Waals surface area contributed by atoms with Crippen molar-refractivity contribution in [2.45, 2.75) is 0 Å². The van der Waals surface area contributed by atoms with Crippen LogP contribution in [0.4, 0.5) is 9.59 Å². The van der Waals surface area contributed by atoms with Crippen LogP contribution in [-0.2, 0) is 0 Å². The summed E-state index contributed by atoms with van der Waals surface area (Å²) in [6.07, 6.45) is 0. The highest BCUT2D eigenvalue weighted by Crippen LogP contribution is 2.10. The van der Waals surface area contributed by atoms with Crippen molar-refractivity contribution in [3.63, 3.8) is 0 Å². The Hall–Kier alpha value is -0.543. The van der Waals surface area contributed by atoms with E-state index in [4.69, 9.17) is 0 Å². The first-order valence-corrected chi connectivity index (χ1v) is 4.21. The first kappa shape index (κ1) is 13.1. The minimum absolute atomic E-state index is 0. The predicted octanol–water partition coefficient (Wildman–Crippen LogP) is -1.92. The molecule has 9 heteroatoms. The van der Waals surface area contributed by atoms with E-state index in [2.05, 4.69) is 20.9 Å². The molecule has 0 aromatic carbocycles. The molecule has 0 aromatic rings. The summed E-state index contributed by atoms with van der Waals surface area (Å²) in [4.78, 5) is 20.0. The topological polar surface area (TPSA) is 110 Å². The smallest absolute Gasteiger partial charge is 0.322 e. The molecule has 0 heterocycles. The average molecular weight is 214 g/mol. The molecule has 0 unspecified atom stereocenters. The van der Waals surface area contributed by atoms with Crippen LogP contribution in [0.5, 0.6) is 0 Å². The third-order valence-electron chi connectivity index (χ3n) is 0.326. The summed E-state index contributed by atoms with van der Waals surface area (Å²) in [5.41, 5.74) is 9.36. The molecular weight excluding hydrogens is 204 g/mol. The zero-order valence-corrected chi connectivity index (χ0v) is 6.42. The van der Waals surface area contributed by atoms with Crippen molar-refractivity contribution in [1.82, 2.24) is 9.44 Å². The highest BCUT2D eigenvalue weighted by atomic mass is 33.1. The van der Waals surface area contributed by atoms with Crippen LogP contribution < -0.4 is 20.9 Å². The van der Waals surface area contributed by atoms with Crippen LogP contribution in [0.2, 0.25) is 0 Å². The maximum absolute atomic E-state index is 9.98. The lowest BCUT2D eigenvalue weighted by molar-refractivity contribution is 0.253. The SMILES string of the molecule is NC(=O)NSSNC(N)=O.[SiH4]. The predicted molar refractivity (Wildman–Crippen MR) is 52.0 cm³/mol. The molecule has 0 aliphatic rings. The third-order valence-corrected chi connectivity index (χ3v) is 1.73. The number of hydrogen-bond acceptors (Lipinski definition) is 4. The van der Waals surface area contributed by atoms with E-state index >= 15 is 0 Å². The van der Waals surface area contributed by atoms with Gasteiger partial charge in [-0.15, -0.1) is 0 Å². The van der Waals surface area contributed by atoms with Crippen LogP contribution in [0.15, 0.2) is 0 Å². The second-order valence-corrected chi connectivity index (χ2v) is 2.84. The Morgan fingerprint density at radius 3 is 1.45 bits per heavy atom. The van der Waals surface area contributed by atoms with Gasteiger partial charge in [-0.05, 0) is 11.0 Å². The molecule has 0 aliphatic heterocycles.